The molecule has 28 heavy (non-hydrogen) atoms. The van der Waals surface area contributed by atoms with Crippen molar-refractivity contribution in [1.82, 2.24) is 10.6 Å². The summed E-state index contributed by atoms with van der Waals surface area (Å²) >= 11 is 0. The molecule has 8 heteroatoms. The largest absolute Gasteiger partial charge is 0.394 e. The molecule has 150 valence electrons. The summed E-state index contributed by atoms with van der Waals surface area (Å²) < 4.78 is 0. The molecule has 6 N–H and O–H groups in total. The number of carbonyl (C=O) groups is 2. The van der Waals surface area contributed by atoms with Crippen LogP contribution in [-0.2, 0) is 9.59 Å². The first-order chi connectivity index (χ1) is 13.5. The lowest BCUT2D eigenvalue weighted by molar-refractivity contribution is -0.141. The fourth-order valence-corrected chi connectivity index (χ4v) is 2.75. The highest BCUT2D eigenvalue weighted by Gasteiger charge is 2.29. The fourth-order valence-electron chi connectivity index (χ4n) is 2.75. The fraction of sp³-hybridized carbons (Fsp3) is 0.300. The number of hydrogen-bond acceptors (Lipinski definition) is 6. The second-order valence-electron chi connectivity index (χ2n) is 6.22. The second kappa shape index (κ2) is 10.5. The van der Waals surface area contributed by atoms with Crippen molar-refractivity contribution >= 4 is 11.8 Å². The standard InChI is InChI=1S/C20H24N2O6/c23-11-15(25)17(13-7-3-1-4-8-13)21-19(27)20(28)22-18(16(26)12-24)14-9-5-2-6-10-14/h1-10,15-18,23-26H,11-12H2,(H,21,27)(H,22,28)/t15-,16-,17+,18+/m0/s1. The molecular weight excluding hydrogens is 364 g/mol. The van der Waals surface area contributed by atoms with Gasteiger partial charge in [-0.2, -0.15) is 0 Å². The topological polar surface area (TPSA) is 139 Å². The lowest BCUT2D eigenvalue weighted by Crippen LogP contribution is -2.48. The van der Waals surface area contributed by atoms with E-state index in [2.05, 4.69) is 10.6 Å². The summed E-state index contributed by atoms with van der Waals surface area (Å²) in [5, 5.41) is 43.3. The van der Waals surface area contributed by atoms with Crippen molar-refractivity contribution in [1.29, 1.82) is 0 Å². The molecule has 2 aromatic carbocycles. The van der Waals surface area contributed by atoms with E-state index in [1.807, 2.05) is 0 Å². The van der Waals surface area contributed by atoms with Gasteiger partial charge in [0.2, 0.25) is 0 Å². The summed E-state index contributed by atoms with van der Waals surface area (Å²) in [6.45, 7) is -1.23. The lowest BCUT2D eigenvalue weighted by atomic mass is 10.0. The summed E-state index contributed by atoms with van der Waals surface area (Å²) in [5.74, 6) is -2.10. The monoisotopic (exact) mass is 388 g/mol. The van der Waals surface area contributed by atoms with E-state index >= 15 is 0 Å². The maximum Gasteiger partial charge on any atom is 0.309 e. The third-order valence-electron chi connectivity index (χ3n) is 4.24. The predicted octanol–water partition coefficient (Wildman–Crippen LogP) is -0.592. The van der Waals surface area contributed by atoms with E-state index in [0.717, 1.165) is 0 Å². The molecule has 0 unspecified atom stereocenters. The van der Waals surface area contributed by atoms with Gasteiger partial charge < -0.3 is 31.1 Å². The van der Waals surface area contributed by atoms with E-state index in [0.29, 0.717) is 11.1 Å². The van der Waals surface area contributed by atoms with Crippen LogP contribution in [0.2, 0.25) is 0 Å². The summed E-state index contributed by atoms with van der Waals surface area (Å²) in [7, 11) is 0. The summed E-state index contributed by atoms with van der Waals surface area (Å²) in [6.07, 6.45) is -2.63. The van der Waals surface area contributed by atoms with Gasteiger partial charge in [-0.3, -0.25) is 9.59 Å². The average Bonchev–Trinajstić information content (AvgIpc) is 2.75. The quantitative estimate of drug-likeness (QED) is 0.334. The van der Waals surface area contributed by atoms with Gasteiger partial charge in [-0.1, -0.05) is 60.7 Å². The number of carbonyl (C=O) groups excluding carboxylic acids is 2. The van der Waals surface area contributed by atoms with E-state index < -0.39 is 49.3 Å². The van der Waals surface area contributed by atoms with Crippen molar-refractivity contribution in [2.45, 2.75) is 24.3 Å². The first-order valence-electron chi connectivity index (χ1n) is 8.77. The Morgan fingerprint density at radius 2 is 1.00 bits per heavy atom. The highest BCUT2D eigenvalue weighted by molar-refractivity contribution is 6.35. The van der Waals surface area contributed by atoms with E-state index in [1.165, 1.54) is 0 Å². The van der Waals surface area contributed by atoms with Gasteiger partial charge in [0.25, 0.3) is 0 Å². The minimum Gasteiger partial charge on any atom is -0.394 e. The molecule has 0 aliphatic carbocycles. The zero-order chi connectivity index (χ0) is 20.5. The van der Waals surface area contributed by atoms with Crippen LogP contribution < -0.4 is 10.6 Å². The van der Waals surface area contributed by atoms with Gasteiger partial charge >= 0.3 is 11.8 Å². The number of benzene rings is 2. The molecule has 0 aromatic heterocycles. The first kappa shape index (κ1) is 21.5. The van der Waals surface area contributed by atoms with Gasteiger partial charge in [-0.15, -0.1) is 0 Å². The van der Waals surface area contributed by atoms with Gasteiger partial charge in [-0.25, -0.2) is 0 Å². The maximum atomic E-state index is 12.4. The van der Waals surface area contributed by atoms with E-state index in [9.17, 15) is 30.0 Å². The molecule has 0 aliphatic heterocycles. The molecule has 0 heterocycles. The molecule has 8 nitrogen and oxygen atoms in total. The first-order valence-corrected chi connectivity index (χ1v) is 8.77. The highest BCUT2D eigenvalue weighted by atomic mass is 16.3. The van der Waals surface area contributed by atoms with Gasteiger partial charge in [-0.05, 0) is 11.1 Å². The van der Waals surface area contributed by atoms with E-state index in [-0.39, 0.29) is 0 Å². The van der Waals surface area contributed by atoms with Gasteiger partial charge in [0, 0.05) is 0 Å². The zero-order valence-electron chi connectivity index (χ0n) is 15.1. The van der Waals surface area contributed by atoms with Crippen LogP contribution >= 0.6 is 0 Å². The summed E-state index contributed by atoms with van der Waals surface area (Å²) in [6, 6.07) is 14.9. The van der Waals surface area contributed by atoms with Gasteiger partial charge in [0.1, 0.15) is 12.2 Å². The molecule has 0 spiro atoms. The Kier molecular flexibility index (Phi) is 8.09. The molecule has 0 saturated heterocycles. The van der Waals surface area contributed by atoms with E-state index in [4.69, 9.17) is 0 Å². The molecular formula is C20H24N2O6. The van der Waals surface area contributed by atoms with Crippen LogP contribution in [0, 0.1) is 0 Å². The van der Waals surface area contributed by atoms with Crippen molar-refractivity contribution in [3.63, 3.8) is 0 Å². The number of amides is 2. The Labute approximate surface area is 162 Å². The van der Waals surface area contributed by atoms with Crippen LogP contribution in [0.3, 0.4) is 0 Å². The Morgan fingerprint density at radius 1 is 0.679 bits per heavy atom. The van der Waals surface area contributed by atoms with Crippen LogP contribution in [0.5, 0.6) is 0 Å². The highest BCUT2D eigenvalue weighted by Crippen LogP contribution is 2.18. The molecule has 0 radical (unpaired) electrons. The summed E-state index contributed by atoms with van der Waals surface area (Å²) in [5.41, 5.74) is 1.03. The van der Waals surface area contributed by atoms with Gasteiger partial charge in [0.05, 0.1) is 25.3 Å². The van der Waals surface area contributed by atoms with E-state index in [1.54, 1.807) is 60.7 Å². The SMILES string of the molecule is O=C(N[C@H](c1ccccc1)[C@@H](O)CO)C(=O)N[C@H](c1ccccc1)[C@@H](O)CO. The van der Waals surface area contributed by atoms with Crippen LogP contribution in [0.25, 0.3) is 0 Å². The molecule has 0 aliphatic rings. The van der Waals surface area contributed by atoms with Crippen LogP contribution in [0.15, 0.2) is 60.7 Å². The third-order valence-corrected chi connectivity index (χ3v) is 4.24. The molecule has 2 amide bonds. The molecule has 4 atom stereocenters. The van der Waals surface area contributed by atoms with Crippen molar-refractivity contribution in [3.05, 3.63) is 71.8 Å². The van der Waals surface area contributed by atoms with Crippen molar-refractivity contribution in [3.8, 4) is 0 Å². The minimum atomic E-state index is -1.31. The third kappa shape index (κ3) is 5.61. The normalized spacial score (nSPS) is 15.1. The van der Waals surface area contributed by atoms with Crippen molar-refractivity contribution < 1.29 is 30.0 Å². The number of aliphatic hydroxyl groups is 4. The van der Waals surface area contributed by atoms with Crippen LogP contribution in [0.1, 0.15) is 23.2 Å². The molecule has 0 bridgehead atoms. The van der Waals surface area contributed by atoms with Gasteiger partial charge in [0.15, 0.2) is 0 Å². The number of nitrogens with one attached hydrogen (secondary N) is 2. The average molecular weight is 388 g/mol. The molecule has 0 fully saturated rings. The van der Waals surface area contributed by atoms with Crippen molar-refractivity contribution in [2.75, 3.05) is 13.2 Å². The maximum absolute atomic E-state index is 12.4. The second-order valence-corrected chi connectivity index (χ2v) is 6.22. The number of hydrogen-bond donors (Lipinski definition) is 6. The Bertz CT molecular complexity index is 690. The number of aliphatic hydroxyl groups excluding tert-OH is 4. The number of rotatable bonds is 8. The lowest BCUT2D eigenvalue weighted by Gasteiger charge is -2.25. The van der Waals surface area contributed by atoms with Crippen molar-refractivity contribution in [2.24, 2.45) is 0 Å². The smallest absolute Gasteiger partial charge is 0.309 e. The Balaban J connectivity index is 2.14. The molecule has 2 aromatic rings. The zero-order valence-corrected chi connectivity index (χ0v) is 15.1. The Morgan fingerprint density at radius 3 is 1.29 bits per heavy atom. The van der Waals surface area contributed by atoms with Crippen LogP contribution in [-0.4, -0.2) is 57.7 Å². The Hall–Kier alpha value is -2.78. The summed E-state index contributed by atoms with van der Waals surface area (Å²) in [4.78, 5) is 24.7. The van der Waals surface area contributed by atoms with Crippen LogP contribution in [0.4, 0.5) is 0 Å². The molecule has 0 saturated carbocycles. The minimum absolute atomic E-state index is 0.514. The predicted molar refractivity (Wildman–Crippen MR) is 101 cm³/mol. The molecule has 2 rings (SSSR count).